The summed E-state index contributed by atoms with van der Waals surface area (Å²) in [4.78, 5) is 0. The minimum absolute atomic E-state index is 0.503. The van der Waals surface area contributed by atoms with Crippen LogP contribution in [-0.2, 0) is 6.54 Å². The minimum atomic E-state index is 0.503. The first-order chi connectivity index (χ1) is 12.0. The summed E-state index contributed by atoms with van der Waals surface area (Å²) < 4.78 is 5.77. The molecule has 4 aliphatic rings. The van der Waals surface area contributed by atoms with Crippen molar-refractivity contribution in [3.05, 3.63) is 27.7 Å². The number of hydrogen-bond donors (Lipinski definition) is 1. The van der Waals surface area contributed by atoms with Crippen LogP contribution in [0.3, 0.4) is 0 Å². The van der Waals surface area contributed by atoms with Gasteiger partial charge in [-0.05, 0) is 87.7 Å². The molecule has 4 fully saturated rings. The number of benzene rings is 1. The third kappa shape index (κ3) is 3.42. The van der Waals surface area contributed by atoms with Gasteiger partial charge in [0.15, 0.2) is 0 Å². The number of rotatable bonds is 6. The average molecular weight is 382 g/mol. The first kappa shape index (κ1) is 17.9. The van der Waals surface area contributed by atoms with Crippen LogP contribution in [0, 0.1) is 23.2 Å². The van der Waals surface area contributed by atoms with Gasteiger partial charge in [0.1, 0.15) is 5.75 Å². The Morgan fingerprint density at radius 3 is 2.28 bits per heavy atom. The van der Waals surface area contributed by atoms with E-state index in [1.54, 1.807) is 6.07 Å². The van der Waals surface area contributed by atoms with Crippen molar-refractivity contribution >= 4 is 23.2 Å². The standard InChI is InChI=1S/C21H29Cl2NO/c1-3-25-20-17(7-18(22)8-19(20)23)12-24-13(2)21-9-14-4-15(10-21)6-16(5-14)11-21/h7-8,13-16,24H,3-6,9-12H2,1-2H3. The van der Waals surface area contributed by atoms with Crippen LogP contribution in [0.4, 0.5) is 0 Å². The highest BCUT2D eigenvalue weighted by Gasteiger charge is 2.52. The Labute approximate surface area is 161 Å². The molecule has 4 saturated carbocycles. The summed E-state index contributed by atoms with van der Waals surface area (Å²) >= 11 is 12.6. The van der Waals surface area contributed by atoms with Crippen molar-refractivity contribution in [2.75, 3.05) is 6.61 Å². The fourth-order valence-electron chi connectivity index (χ4n) is 6.24. The highest BCUT2D eigenvalue weighted by Crippen LogP contribution is 2.61. The van der Waals surface area contributed by atoms with Crippen molar-refractivity contribution in [2.24, 2.45) is 23.2 Å². The third-order valence-corrected chi connectivity index (χ3v) is 7.48. The Hall–Kier alpha value is -0.440. The second kappa shape index (κ2) is 6.94. The van der Waals surface area contributed by atoms with Gasteiger partial charge in [0, 0.05) is 23.2 Å². The predicted molar refractivity (Wildman–Crippen MR) is 105 cm³/mol. The first-order valence-corrected chi connectivity index (χ1v) is 10.6. The summed E-state index contributed by atoms with van der Waals surface area (Å²) in [6.07, 6.45) is 8.73. The number of ether oxygens (including phenoxy) is 1. The van der Waals surface area contributed by atoms with E-state index in [0.29, 0.717) is 28.1 Å². The maximum Gasteiger partial charge on any atom is 0.142 e. The van der Waals surface area contributed by atoms with Gasteiger partial charge in [0.2, 0.25) is 0 Å². The quantitative estimate of drug-likeness (QED) is 0.643. The molecule has 1 aromatic rings. The lowest BCUT2D eigenvalue weighted by Gasteiger charge is -2.59. The molecule has 0 aliphatic heterocycles. The molecule has 0 spiro atoms. The predicted octanol–water partition coefficient (Wildman–Crippen LogP) is 6.09. The SMILES string of the molecule is CCOc1c(Cl)cc(Cl)cc1CNC(C)C12CC3CC(CC(C3)C1)C2. The van der Waals surface area contributed by atoms with E-state index < -0.39 is 0 Å². The summed E-state index contributed by atoms with van der Waals surface area (Å²) in [7, 11) is 0. The molecular formula is C21H29Cl2NO. The van der Waals surface area contributed by atoms with Crippen molar-refractivity contribution in [1.82, 2.24) is 5.32 Å². The zero-order valence-corrected chi connectivity index (χ0v) is 16.8. The zero-order chi connectivity index (χ0) is 17.6. The maximum atomic E-state index is 6.35. The lowest BCUT2D eigenvalue weighted by Crippen LogP contribution is -2.54. The Morgan fingerprint density at radius 2 is 1.72 bits per heavy atom. The molecule has 0 amide bonds. The number of hydrogen-bond acceptors (Lipinski definition) is 2. The van der Waals surface area contributed by atoms with E-state index >= 15 is 0 Å². The van der Waals surface area contributed by atoms with Crippen LogP contribution < -0.4 is 10.1 Å². The average Bonchev–Trinajstić information content (AvgIpc) is 2.54. The molecule has 4 aliphatic carbocycles. The molecule has 1 atom stereocenters. The van der Waals surface area contributed by atoms with Gasteiger partial charge in [0.25, 0.3) is 0 Å². The molecule has 0 saturated heterocycles. The highest BCUT2D eigenvalue weighted by molar-refractivity contribution is 6.35. The molecule has 138 valence electrons. The van der Waals surface area contributed by atoms with E-state index in [1.165, 1.54) is 38.5 Å². The Kier molecular flexibility index (Phi) is 4.98. The van der Waals surface area contributed by atoms with Crippen molar-refractivity contribution in [3.8, 4) is 5.75 Å². The van der Waals surface area contributed by atoms with Gasteiger partial charge in [0.05, 0.1) is 11.6 Å². The van der Waals surface area contributed by atoms with E-state index in [2.05, 4.69) is 12.2 Å². The summed E-state index contributed by atoms with van der Waals surface area (Å²) in [6.45, 7) is 5.75. The second-order valence-electron chi connectivity index (χ2n) is 8.69. The molecule has 1 N–H and O–H groups in total. The smallest absolute Gasteiger partial charge is 0.142 e. The fourth-order valence-corrected chi connectivity index (χ4v) is 6.83. The van der Waals surface area contributed by atoms with E-state index in [0.717, 1.165) is 35.6 Å². The largest absolute Gasteiger partial charge is 0.492 e. The molecular weight excluding hydrogens is 353 g/mol. The van der Waals surface area contributed by atoms with Crippen molar-refractivity contribution in [2.45, 2.75) is 65.0 Å². The Bertz CT molecular complexity index is 610. The molecule has 25 heavy (non-hydrogen) atoms. The summed E-state index contributed by atoms with van der Waals surface area (Å²) in [6, 6.07) is 4.27. The maximum absolute atomic E-state index is 6.35. The number of nitrogens with one attached hydrogen (secondary N) is 1. The van der Waals surface area contributed by atoms with Crippen molar-refractivity contribution < 1.29 is 4.74 Å². The van der Waals surface area contributed by atoms with Gasteiger partial charge in [-0.3, -0.25) is 0 Å². The summed E-state index contributed by atoms with van der Waals surface area (Å²) in [5, 5.41) is 5.09. The highest BCUT2D eigenvalue weighted by atomic mass is 35.5. The van der Waals surface area contributed by atoms with Gasteiger partial charge in [-0.25, -0.2) is 0 Å². The van der Waals surface area contributed by atoms with Crippen LogP contribution in [0.2, 0.25) is 10.0 Å². The summed E-state index contributed by atoms with van der Waals surface area (Å²) in [5.41, 5.74) is 1.57. The minimum Gasteiger partial charge on any atom is -0.492 e. The first-order valence-electron chi connectivity index (χ1n) is 9.83. The van der Waals surface area contributed by atoms with E-state index in [1.807, 2.05) is 13.0 Å². The summed E-state index contributed by atoms with van der Waals surface area (Å²) in [5.74, 6) is 3.72. The van der Waals surface area contributed by atoms with Crippen molar-refractivity contribution in [3.63, 3.8) is 0 Å². The van der Waals surface area contributed by atoms with Crippen LogP contribution >= 0.6 is 23.2 Å². The van der Waals surface area contributed by atoms with E-state index in [-0.39, 0.29) is 0 Å². The molecule has 5 rings (SSSR count). The lowest BCUT2D eigenvalue weighted by molar-refractivity contribution is -0.0706. The van der Waals surface area contributed by atoms with Gasteiger partial charge in [-0.1, -0.05) is 23.2 Å². The molecule has 0 aromatic heterocycles. The molecule has 1 aromatic carbocycles. The van der Waals surface area contributed by atoms with Gasteiger partial charge in [-0.15, -0.1) is 0 Å². The topological polar surface area (TPSA) is 21.3 Å². The zero-order valence-electron chi connectivity index (χ0n) is 15.3. The molecule has 0 radical (unpaired) electrons. The second-order valence-corrected chi connectivity index (χ2v) is 9.54. The normalized spacial score (nSPS) is 34.3. The number of halogens is 2. The molecule has 2 nitrogen and oxygen atoms in total. The molecule has 1 unspecified atom stereocenters. The lowest BCUT2D eigenvalue weighted by atomic mass is 9.48. The van der Waals surface area contributed by atoms with Crippen molar-refractivity contribution in [1.29, 1.82) is 0 Å². The Morgan fingerprint density at radius 1 is 1.12 bits per heavy atom. The van der Waals surface area contributed by atoms with Crippen LogP contribution in [0.25, 0.3) is 0 Å². The monoisotopic (exact) mass is 381 g/mol. The van der Waals surface area contributed by atoms with Crippen LogP contribution in [0.5, 0.6) is 5.75 Å². The molecule has 4 bridgehead atoms. The van der Waals surface area contributed by atoms with Gasteiger partial charge in [-0.2, -0.15) is 0 Å². The van der Waals surface area contributed by atoms with Gasteiger partial charge < -0.3 is 10.1 Å². The van der Waals surface area contributed by atoms with Crippen LogP contribution in [-0.4, -0.2) is 12.6 Å². The molecule has 4 heteroatoms. The van der Waals surface area contributed by atoms with E-state index in [9.17, 15) is 0 Å². The Balaban J connectivity index is 1.48. The van der Waals surface area contributed by atoms with Gasteiger partial charge >= 0.3 is 0 Å². The third-order valence-electron chi connectivity index (χ3n) is 6.98. The van der Waals surface area contributed by atoms with E-state index in [4.69, 9.17) is 27.9 Å². The van der Waals surface area contributed by atoms with Crippen LogP contribution in [0.15, 0.2) is 12.1 Å². The van der Waals surface area contributed by atoms with Crippen LogP contribution in [0.1, 0.15) is 57.9 Å². The fraction of sp³-hybridized carbons (Fsp3) is 0.714. The molecule has 0 heterocycles.